The van der Waals surface area contributed by atoms with Crippen molar-refractivity contribution >= 4 is 154 Å². The molecule has 0 aliphatic rings. The molecule has 0 bridgehead atoms. The van der Waals surface area contributed by atoms with E-state index in [2.05, 4.69) is 602 Å². The lowest BCUT2D eigenvalue weighted by molar-refractivity contribution is 1.29. The first-order valence-corrected chi connectivity index (χ1v) is 49.5. The highest BCUT2D eigenvalue weighted by Gasteiger charge is 2.28. The summed E-state index contributed by atoms with van der Waals surface area (Å²) < 4.78 is 0. The Labute approximate surface area is 839 Å². The summed E-state index contributed by atoms with van der Waals surface area (Å²) in [5, 5.41) is 19.1. The van der Waals surface area contributed by atoms with Gasteiger partial charge in [0.15, 0.2) is 0 Å². The predicted octanol–water partition coefficient (Wildman–Crippen LogP) is 39.8. The predicted molar refractivity (Wildman–Crippen MR) is 615 cm³/mol. The molecule has 26 aromatic carbocycles. The van der Waals surface area contributed by atoms with Crippen LogP contribution < -0.4 is 19.6 Å². The minimum absolute atomic E-state index is 1.08. The van der Waals surface area contributed by atoms with Crippen LogP contribution >= 0.6 is 0 Å². The van der Waals surface area contributed by atoms with Crippen LogP contribution in [-0.2, 0) is 0 Å². The van der Waals surface area contributed by atoms with Crippen molar-refractivity contribution in [3.8, 4) is 89.0 Å². The van der Waals surface area contributed by atoms with Gasteiger partial charge in [0, 0.05) is 67.6 Å². The molecule has 0 fully saturated rings. The molecule has 0 N–H and O–H groups in total. The molecule has 4 nitrogen and oxygen atoms in total. The fourth-order valence-electron chi connectivity index (χ4n) is 21.5. The van der Waals surface area contributed by atoms with E-state index >= 15 is 0 Å². The normalized spacial score (nSPS) is 11.3. The minimum atomic E-state index is 1.08. The van der Waals surface area contributed by atoms with Crippen LogP contribution in [-0.4, -0.2) is 0 Å². The third-order valence-electron chi connectivity index (χ3n) is 28.4. The van der Waals surface area contributed by atoms with Crippen molar-refractivity contribution in [2.75, 3.05) is 19.6 Å². The van der Waals surface area contributed by atoms with Crippen LogP contribution in [0.3, 0.4) is 0 Å². The maximum absolute atomic E-state index is 2.44. The first-order valence-electron chi connectivity index (χ1n) is 49.5. The zero-order valence-corrected chi connectivity index (χ0v) is 79.2. The number of hydrogen-bond donors (Lipinski definition) is 0. The second-order valence-corrected chi connectivity index (χ2v) is 36.9. The Hall–Kier alpha value is -19.0. The Bertz CT molecular complexity index is 8640. The summed E-state index contributed by atoms with van der Waals surface area (Å²) in [4.78, 5) is 9.65. The van der Waals surface area contributed by atoms with E-state index in [1.54, 1.807) is 0 Å². The van der Waals surface area contributed by atoms with Gasteiger partial charge in [0.2, 0.25) is 0 Å². The molecule has 0 aromatic heterocycles. The Morgan fingerprint density at radius 1 is 0.0903 bits per heavy atom. The molecule has 0 unspecified atom stereocenters. The molecule has 0 heterocycles. The maximum atomic E-state index is 2.44. The molecule has 0 saturated heterocycles. The van der Waals surface area contributed by atoms with Gasteiger partial charge in [-0.3, -0.25) is 0 Å². The Morgan fingerprint density at radius 3 is 0.562 bits per heavy atom. The van der Waals surface area contributed by atoms with Gasteiger partial charge in [-0.2, -0.15) is 0 Å². The van der Waals surface area contributed by atoms with E-state index in [0.717, 1.165) is 90.5 Å². The molecule has 4 heteroatoms. The van der Waals surface area contributed by atoms with Crippen LogP contribution in [0.25, 0.3) is 175 Å². The van der Waals surface area contributed by atoms with Crippen molar-refractivity contribution in [1.82, 2.24) is 0 Å². The SMILES string of the molecule is c1ccc(-c2ccc(-c3c4ccc(N(c5ccccc5)c5ccc6ccccc6c5)cc4c(-c4ccc(-c5ccccc5)cc4)c4ccc(N(c5ccccc5)c5ccc6ccccc6c5)cc34)cc2)cc1.c1ccc(-c2ccc(-c3c4ccc(N(c5ccccc5)c5cccc6ccccc56)cc4c(-c4ccc(-c5ccccc5)cc4)c4ccc(N(c5ccccc5)c5cccc6ccccc56)cc34)cc2)cc1. The molecule has 0 aliphatic heterocycles. The van der Waals surface area contributed by atoms with Gasteiger partial charge in [-0.15, -0.1) is 0 Å². The van der Waals surface area contributed by atoms with Crippen molar-refractivity contribution in [3.05, 3.63) is 582 Å². The summed E-state index contributed by atoms with van der Waals surface area (Å²) in [5.74, 6) is 0. The largest absolute Gasteiger partial charge is 0.310 e. The molecule has 0 aliphatic carbocycles. The molecule has 0 radical (unpaired) electrons. The van der Waals surface area contributed by atoms with Gasteiger partial charge in [-0.05, 0) is 298 Å². The fourth-order valence-corrected chi connectivity index (χ4v) is 21.5. The monoisotopic (exact) mass is 1830 g/mol. The number of anilines is 12. The summed E-state index contributed by atoms with van der Waals surface area (Å²) in [5.41, 5.74) is 32.1. The molecule has 0 spiro atoms. The molecule has 0 atom stereocenters. The van der Waals surface area contributed by atoms with Crippen molar-refractivity contribution in [2.24, 2.45) is 0 Å². The van der Waals surface area contributed by atoms with Crippen molar-refractivity contribution in [3.63, 3.8) is 0 Å². The lowest BCUT2D eigenvalue weighted by Crippen LogP contribution is -2.11. The second-order valence-electron chi connectivity index (χ2n) is 36.9. The number of fused-ring (bicyclic) bond motifs is 8. The quantitative estimate of drug-likeness (QED) is 0.0705. The Balaban J connectivity index is 0.000000151. The van der Waals surface area contributed by atoms with E-state index < -0.39 is 0 Å². The van der Waals surface area contributed by atoms with Gasteiger partial charge in [0.05, 0.1) is 11.4 Å². The Morgan fingerprint density at radius 2 is 0.285 bits per heavy atom. The highest BCUT2D eigenvalue weighted by molar-refractivity contribution is 6.25. The molecular formula is C140H96N4. The first-order chi connectivity index (χ1) is 71.4. The van der Waals surface area contributed by atoms with Gasteiger partial charge in [-0.1, -0.05) is 449 Å². The lowest BCUT2D eigenvalue weighted by Gasteiger charge is -2.29. The topological polar surface area (TPSA) is 13.0 Å². The second kappa shape index (κ2) is 38.4. The van der Waals surface area contributed by atoms with Gasteiger partial charge in [-0.25, -0.2) is 0 Å². The third kappa shape index (κ3) is 16.7. The fraction of sp³-hybridized carbons (Fsp3) is 0. The van der Waals surface area contributed by atoms with Gasteiger partial charge in [0.25, 0.3) is 0 Å². The van der Waals surface area contributed by atoms with E-state index in [0.29, 0.717) is 0 Å². The number of nitrogens with zero attached hydrogens (tertiary/aromatic N) is 4. The van der Waals surface area contributed by atoms with E-state index in [1.165, 1.54) is 153 Å². The molecule has 0 amide bonds. The summed E-state index contributed by atoms with van der Waals surface area (Å²) in [7, 11) is 0. The van der Waals surface area contributed by atoms with Crippen LogP contribution in [0.4, 0.5) is 68.2 Å². The number of para-hydroxylation sites is 4. The van der Waals surface area contributed by atoms with Crippen molar-refractivity contribution in [2.45, 2.75) is 0 Å². The number of rotatable bonds is 20. The molecular weight excluding hydrogens is 1740 g/mol. The average Bonchev–Trinajstić information content (AvgIpc) is 0.722. The van der Waals surface area contributed by atoms with Crippen LogP contribution in [0.2, 0.25) is 0 Å². The molecule has 0 saturated carbocycles. The van der Waals surface area contributed by atoms with E-state index in [-0.39, 0.29) is 0 Å². The molecule has 26 rings (SSSR count). The molecule has 26 aromatic rings. The summed E-state index contributed by atoms with van der Waals surface area (Å²) >= 11 is 0. The van der Waals surface area contributed by atoms with E-state index in [4.69, 9.17) is 0 Å². The van der Waals surface area contributed by atoms with Gasteiger partial charge < -0.3 is 19.6 Å². The molecule has 676 valence electrons. The number of benzene rings is 26. The average molecular weight is 1830 g/mol. The van der Waals surface area contributed by atoms with Gasteiger partial charge in [0.1, 0.15) is 0 Å². The molecule has 144 heavy (non-hydrogen) atoms. The van der Waals surface area contributed by atoms with Gasteiger partial charge >= 0.3 is 0 Å². The highest BCUT2D eigenvalue weighted by Crippen LogP contribution is 2.54. The zero-order valence-electron chi connectivity index (χ0n) is 79.2. The lowest BCUT2D eigenvalue weighted by atomic mass is 9.84. The number of hydrogen-bond acceptors (Lipinski definition) is 4. The minimum Gasteiger partial charge on any atom is -0.310 e. The summed E-state index contributed by atoms with van der Waals surface area (Å²) in [6.45, 7) is 0. The van der Waals surface area contributed by atoms with Crippen molar-refractivity contribution in [1.29, 1.82) is 0 Å². The van der Waals surface area contributed by atoms with Crippen LogP contribution in [0.15, 0.2) is 582 Å². The highest BCUT2D eigenvalue weighted by atomic mass is 15.2. The van der Waals surface area contributed by atoms with Crippen LogP contribution in [0, 0.1) is 0 Å². The van der Waals surface area contributed by atoms with Crippen LogP contribution in [0.1, 0.15) is 0 Å². The third-order valence-corrected chi connectivity index (χ3v) is 28.4. The summed E-state index contributed by atoms with van der Waals surface area (Å²) in [6.07, 6.45) is 0. The standard InChI is InChI=1S/2C70H48N2/c1-5-19-49(20-6-1)51-35-39-55(40-36-51)69-63-45-43-60(72(58-29-11-4-12-30-58)68-34-18-26-54-24-14-16-32-62(54)68)48-66(63)70(56-41-37-52(38-42-56)50-21-7-2-8-22-50)64-46-44-59(47-65(64)69)71(57-27-9-3-10-28-57)67-33-17-25-53-23-13-15-31-61(53)67;1-5-17-49(18-6-1)53-29-33-55(34-30-53)69-65-43-41-64(72(60-27-11-4-12-28-60)62-40-38-52-22-14-16-24-58(52)46-62)48-68(65)70(56-35-31-54(32-36-56)50-19-7-2-8-20-50)66-44-42-63(47-67(66)69)71(59-25-9-3-10-26-59)61-39-37-51-21-13-15-23-57(51)45-61/h2*1-48H. The Kier molecular flexibility index (Phi) is 23.1. The maximum Gasteiger partial charge on any atom is 0.0540 e. The summed E-state index contributed by atoms with van der Waals surface area (Å²) in [6, 6.07) is 212. The smallest absolute Gasteiger partial charge is 0.0540 e. The van der Waals surface area contributed by atoms with Crippen LogP contribution in [0.5, 0.6) is 0 Å². The van der Waals surface area contributed by atoms with E-state index in [1.807, 2.05) is 0 Å². The zero-order chi connectivity index (χ0) is 95.6. The van der Waals surface area contributed by atoms with E-state index in [9.17, 15) is 0 Å². The first kappa shape index (κ1) is 86.6. The van der Waals surface area contributed by atoms with Crippen molar-refractivity contribution < 1.29 is 0 Å².